The molecule has 0 radical (unpaired) electrons. The van der Waals surface area contributed by atoms with Crippen LogP contribution in [0.25, 0.3) is 21.5 Å². The van der Waals surface area contributed by atoms with Gasteiger partial charge in [0.1, 0.15) is 5.75 Å². The number of phenolic OH excluding ortho intramolecular Hbond substituents is 1. The molecule has 0 bridgehead atoms. The van der Waals surface area contributed by atoms with E-state index in [4.69, 9.17) is 0 Å². The molecule has 1 N–H and O–H groups in total. The largest absolute Gasteiger partial charge is 1.00 e. The third-order valence-electron chi connectivity index (χ3n) is 3.34. The second kappa shape index (κ2) is 6.35. The second-order valence-electron chi connectivity index (χ2n) is 4.58. The Balaban J connectivity index is 0.00000144. The normalized spacial score (nSPS) is 10.3. The van der Waals surface area contributed by atoms with Crippen molar-refractivity contribution in [3.8, 4) is 11.5 Å². The van der Waals surface area contributed by atoms with E-state index in [9.17, 15) is 39.0 Å². The van der Waals surface area contributed by atoms with Gasteiger partial charge >= 0.3 is 37.7 Å². The van der Waals surface area contributed by atoms with Crippen LogP contribution in [-0.2, 0) is 0 Å². The van der Waals surface area contributed by atoms with Crippen LogP contribution in [0.15, 0.2) is 40.9 Å². The summed E-state index contributed by atoms with van der Waals surface area (Å²) in [5, 5.41) is 17.7. The maximum atomic E-state index is 12.2. The first-order chi connectivity index (χ1) is 10.3. The number of rotatable bonds is 0. The van der Waals surface area contributed by atoms with Gasteiger partial charge in [-0.25, -0.2) is 0 Å². The van der Waals surface area contributed by atoms with Gasteiger partial charge in [0.05, 0.1) is 16.2 Å². The van der Waals surface area contributed by atoms with E-state index in [-0.39, 0.29) is 37.7 Å². The second-order valence-corrected chi connectivity index (χ2v) is 4.58. The molecule has 0 aliphatic heterocycles. The van der Waals surface area contributed by atoms with Crippen molar-refractivity contribution in [2.75, 3.05) is 0 Å². The Morgan fingerprint density at radius 1 is 0.625 bits per heavy atom. The number of hydrogen-bond acceptors (Lipinski definition) is 8. The van der Waals surface area contributed by atoms with E-state index in [0.29, 0.717) is 12.1 Å². The van der Waals surface area contributed by atoms with Crippen molar-refractivity contribution in [3.05, 3.63) is 73.5 Å². The van der Waals surface area contributed by atoms with Crippen LogP contribution < -0.4 is 75.4 Å². The van der Waals surface area contributed by atoms with Crippen molar-refractivity contribution in [2.45, 2.75) is 0 Å². The molecule has 0 amide bonds. The van der Waals surface area contributed by atoms with Gasteiger partial charge in [-0.15, -0.1) is 0 Å². The molecular formula is C14H3Li2O8+. The standard InChI is InChI=1S/C14H4O8.2Li/c15-3-1-5(17)11(19)9-7(3)13(21)10-8(14(9)22)4(16)2-6(18)12(10)20;;/h1-2,15-16H;;/q;2*+1/p-1. The molecule has 0 atom stereocenters. The fourth-order valence-corrected chi connectivity index (χ4v) is 2.38. The molecule has 0 spiro atoms. The summed E-state index contributed by atoms with van der Waals surface area (Å²) in [5.41, 5.74) is -7.90. The van der Waals surface area contributed by atoms with Crippen LogP contribution in [0.2, 0.25) is 0 Å². The van der Waals surface area contributed by atoms with Crippen LogP contribution in [0.1, 0.15) is 0 Å². The van der Waals surface area contributed by atoms with Gasteiger partial charge in [0.15, 0.2) is 5.43 Å². The molecule has 0 aliphatic carbocycles. The smallest absolute Gasteiger partial charge is 0.872 e. The molecule has 0 unspecified atom stereocenters. The average Bonchev–Trinajstić information content (AvgIpc) is 2.44. The van der Waals surface area contributed by atoms with Crippen LogP contribution in [0.4, 0.5) is 0 Å². The van der Waals surface area contributed by atoms with Gasteiger partial charge in [-0.2, -0.15) is 0 Å². The Morgan fingerprint density at radius 2 is 1.04 bits per heavy atom. The minimum atomic E-state index is -1.38. The molecule has 0 fully saturated rings. The molecule has 0 aromatic heterocycles. The van der Waals surface area contributed by atoms with Crippen molar-refractivity contribution >= 4 is 21.5 Å². The first-order valence-corrected chi connectivity index (χ1v) is 5.81. The predicted octanol–water partition coefficient (Wildman–Crippen LogP) is -8.75. The van der Waals surface area contributed by atoms with Crippen molar-refractivity contribution in [1.82, 2.24) is 0 Å². The summed E-state index contributed by atoms with van der Waals surface area (Å²) >= 11 is 0. The minimum Gasteiger partial charge on any atom is -0.872 e. The zero-order valence-electron chi connectivity index (χ0n) is 12.5. The number of aromatic hydroxyl groups is 1. The Kier molecular flexibility index (Phi) is 5.24. The quantitative estimate of drug-likeness (QED) is 0.244. The summed E-state index contributed by atoms with van der Waals surface area (Å²) < 4.78 is 0. The molecule has 108 valence electrons. The molecule has 3 aromatic rings. The molecule has 3 aromatic carbocycles. The van der Waals surface area contributed by atoms with Gasteiger partial charge in [0.2, 0.25) is 27.1 Å². The fraction of sp³-hybridized carbons (Fsp3) is 0. The third-order valence-corrected chi connectivity index (χ3v) is 3.34. The van der Waals surface area contributed by atoms with E-state index >= 15 is 0 Å². The fourth-order valence-electron chi connectivity index (χ4n) is 2.38. The Labute approximate surface area is 154 Å². The monoisotopic (exact) mass is 313 g/mol. The Hall–Kier alpha value is -2.23. The van der Waals surface area contributed by atoms with Gasteiger partial charge in [0.25, 0.3) is 0 Å². The van der Waals surface area contributed by atoms with E-state index in [1.807, 2.05) is 0 Å². The molecule has 24 heavy (non-hydrogen) atoms. The number of phenols is 1. The summed E-state index contributed by atoms with van der Waals surface area (Å²) in [6.45, 7) is 0. The van der Waals surface area contributed by atoms with E-state index in [1.54, 1.807) is 0 Å². The minimum absolute atomic E-state index is 0. The van der Waals surface area contributed by atoms with Crippen LogP contribution in [-0.4, -0.2) is 5.11 Å². The van der Waals surface area contributed by atoms with Crippen molar-refractivity contribution in [2.24, 2.45) is 0 Å². The molecule has 8 nitrogen and oxygen atoms in total. The summed E-state index contributed by atoms with van der Waals surface area (Å²) in [6, 6.07) is 0.768. The van der Waals surface area contributed by atoms with Gasteiger partial charge < -0.3 is 10.2 Å². The van der Waals surface area contributed by atoms with E-state index in [0.717, 1.165) is 0 Å². The molecule has 0 saturated carbocycles. The first kappa shape index (κ1) is 19.8. The van der Waals surface area contributed by atoms with Gasteiger partial charge in [-0.1, -0.05) is 5.75 Å². The molecule has 3 rings (SSSR count). The maximum Gasteiger partial charge on any atom is 1.00 e. The molecule has 0 heterocycles. The summed E-state index contributed by atoms with van der Waals surface area (Å²) in [7, 11) is 0. The predicted molar refractivity (Wildman–Crippen MR) is 73.7 cm³/mol. The summed E-state index contributed by atoms with van der Waals surface area (Å²) in [6.07, 6.45) is 0. The molecule has 10 heteroatoms. The summed E-state index contributed by atoms with van der Waals surface area (Å²) in [4.78, 5) is 70.6. The van der Waals surface area contributed by atoms with Crippen LogP contribution in [0.3, 0.4) is 0 Å². The number of benzene rings is 3. The topological polar surface area (TPSA) is 146 Å². The molecule has 0 saturated heterocycles. The Bertz CT molecular complexity index is 1200. The van der Waals surface area contributed by atoms with Gasteiger partial charge in [-0.3, -0.25) is 28.8 Å². The average molecular weight is 313 g/mol. The first-order valence-electron chi connectivity index (χ1n) is 5.81. The number of fused-ring (bicyclic) bond motifs is 2. The number of hydrogen-bond donors (Lipinski definition) is 1. The van der Waals surface area contributed by atoms with Crippen molar-refractivity contribution in [1.29, 1.82) is 0 Å². The van der Waals surface area contributed by atoms with Crippen LogP contribution in [0.5, 0.6) is 11.5 Å². The van der Waals surface area contributed by atoms with Crippen LogP contribution >= 0.6 is 0 Å². The zero-order valence-corrected chi connectivity index (χ0v) is 12.5. The summed E-state index contributed by atoms with van der Waals surface area (Å²) in [5.74, 6) is -2.16. The zero-order chi connectivity index (χ0) is 16.3. The van der Waals surface area contributed by atoms with E-state index in [2.05, 4.69) is 0 Å². The molecule has 0 aliphatic rings. The third kappa shape index (κ3) is 2.41. The SMILES string of the molecule is O=c1cc([O-])c2c(=O)c3c(=O)c(=O)cc(O)c3c(=O)c2c1=O.[Li+].[Li+]. The van der Waals surface area contributed by atoms with E-state index < -0.39 is 65.6 Å². The molecular weight excluding hydrogens is 310 g/mol. The van der Waals surface area contributed by atoms with Crippen molar-refractivity contribution < 1.29 is 47.9 Å². The van der Waals surface area contributed by atoms with Crippen molar-refractivity contribution in [3.63, 3.8) is 0 Å². The van der Waals surface area contributed by atoms with Gasteiger partial charge in [-0.05, 0) is 6.07 Å². The van der Waals surface area contributed by atoms with E-state index in [1.165, 1.54) is 0 Å². The Morgan fingerprint density at radius 3 is 1.58 bits per heavy atom. The van der Waals surface area contributed by atoms with Crippen LogP contribution in [0, 0.1) is 0 Å². The maximum absolute atomic E-state index is 12.2. The van der Waals surface area contributed by atoms with Gasteiger partial charge in [0, 0.05) is 11.5 Å².